The third-order valence-electron chi connectivity index (χ3n) is 4.70. The lowest BCUT2D eigenvalue weighted by molar-refractivity contribution is 1.18. The molecule has 4 aromatic carbocycles. The summed E-state index contributed by atoms with van der Waals surface area (Å²) in [6.07, 6.45) is 0. The molecule has 0 bridgehead atoms. The fourth-order valence-electron chi connectivity index (χ4n) is 3.56. The molecule has 0 saturated heterocycles. The normalized spacial score (nSPS) is 11.6. The fourth-order valence-corrected chi connectivity index (χ4v) is 4.30. The second-order valence-electron chi connectivity index (χ2n) is 6.17. The monoisotopic (exact) mass is 497 g/mol. The van der Waals surface area contributed by atoms with Crippen molar-refractivity contribution >= 4 is 71.1 Å². The zero-order chi connectivity index (χ0) is 17.0. The highest BCUT2D eigenvalue weighted by Crippen LogP contribution is 2.35. The number of hydrogen-bond donors (Lipinski definition) is 0. The lowest BCUT2D eigenvalue weighted by Crippen LogP contribution is -1.94. The quantitative estimate of drug-likeness (QED) is 0.214. The molecule has 0 aliphatic rings. The second-order valence-corrected chi connectivity index (χ2v) is 8.18. The predicted octanol–water partition coefficient (Wildman–Crippen LogP) is 7.30. The number of rotatable bonds is 1. The first-order chi connectivity index (χ1) is 12.2. The molecule has 0 radical (unpaired) electrons. The van der Waals surface area contributed by atoms with E-state index in [-0.39, 0.29) is 0 Å². The van der Waals surface area contributed by atoms with Gasteiger partial charge in [0, 0.05) is 24.5 Å². The summed E-state index contributed by atoms with van der Waals surface area (Å²) in [5.74, 6) is 0. The summed E-state index contributed by atoms with van der Waals surface area (Å²) in [6.45, 7) is 0. The minimum absolute atomic E-state index is 1.13. The standard InChI is InChI=1S/C22H13BrIN/c23-19-10-9-16(13-20(19)24)25-21-8-4-3-7-17(21)18-11-14-5-1-2-6-15(14)12-22(18)25/h1-13H. The molecule has 1 aromatic heterocycles. The van der Waals surface area contributed by atoms with Crippen molar-refractivity contribution in [1.82, 2.24) is 4.57 Å². The Bertz CT molecular complexity index is 1270. The Morgan fingerprint density at radius 3 is 2.20 bits per heavy atom. The van der Waals surface area contributed by atoms with Gasteiger partial charge in [-0.25, -0.2) is 0 Å². The van der Waals surface area contributed by atoms with Crippen LogP contribution < -0.4 is 0 Å². The van der Waals surface area contributed by atoms with Crippen LogP contribution in [0.1, 0.15) is 0 Å². The number of aromatic nitrogens is 1. The van der Waals surface area contributed by atoms with Crippen molar-refractivity contribution in [2.45, 2.75) is 0 Å². The van der Waals surface area contributed by atoms with Gasteiger partial charge >= 0.3 is 0 Å². The SMILES string of the molecule is Brc1ccc(-n2c3ccccc3c3cc4ccccc4cc32)cc1I. The number of fused-ring (bicyclic) bond motifs is 4. The van der Waals surface area contributed by atoms with Crippen molar-refractivity contribution in [3.63, 3.8) is 0 Å². The summed E-state index contributed by atoms with van der Waals surface area (Å²) >= 11 is 5.98. The lowest BCUT2D eigenvalue weighted by atomic mass is 10.1. The first-order valence-corrected chi connectivity index (χ1v) is 9.97. The Labute approximate surface area is 167 Å². The highest BCUT2D eigenvalue weighted by molar-refractivity contribution is 14.1. The van der Waals surface area contributed by atoms with Gasteiger partial charge in [-0.05, 0) is 85.7 Å². The van der Waals surface area contributed by atoms with Gasteiger partial charge in [-0.3, -0.25) is 0 Å². The average Bonchev–Trinajstić information content (AvgIpc) is 2.96. The number of benzene rings is 4. The van der Waals surface area contributed by atoms with Crippen LogP contribution in [-0.2, 0) is 0 Å². The van der Waals surface area contributed by atoms with E-state index in [1.165, 1.54) is 41.8 Å². The Balaban J connectivity index is 1.98. The number of hydrogen-bond acceptors (Lipinski definition) is 0. The van der Waals surface area contributed by atoms with E-state index in [1.807, 2.05) is 0 Å². The molecule has 0 fully saturated rings. The number of nitrogens with zero attached hydrogens (tertiary/aromatic N) is 1. The van der Waals surface area contributed by atoms with Crippen LogP contribution in [0.25, 0.3) is 38.3 Å². The molecule has 1 heterocycles. The largest absolute Gasteiger partial charge is 0.309 e. The third-order valence-corrected chi connectivity index (χ3v) is 7.03. The van der Waals surface area contributed by atoms with E-state index in [0.29, 0.717) is 0 Å². The predicted molar refractivity (Wildman–Crippen MR) is 119 cm³/mol. The minimum atomic E-state index is 1.13. The maximum atomic E-state index is 3.61. The van der Waals surface area contributed by atoms with Crippen molar-refractivity contribution in [1.29, 1.82) is 0 Å². The molecule has 0 spiro atoms. The first-order valence-electron chi connectivity index (χ1n) is 8.10. The Morgan fingerprint density at radius 1 is 0.680 bits per heavy atom. The van der Waals surface area contributed by atoms with Gasteiger partial charge in [-0.1, -0.05) is 42.5 Å². The van der Waals surface area contributed by atoms with E-state index in [9.17, 15) is 0 Å². The smallest absolute Gasteiger partial charge is 0.0547 e. The van der Waals surface area contributed by atoms with Crippen LogP contribution >= 0.6 is 38.5 Å². The van der Waals surface area contributed by atoms with E-state index < -0.39 is 0 Å². The van der Waals surface area contributed by atoms with Crippen molar-refractivity contribution in [3.8, 4) is 5.69 Å². The van der Waals surface area contributed by atoms with E-state index in [0.717, 1.165) is 4.47 Å². The molecule has 25 heavy (non-hydrogen) atoms. The molecule has 0 aliphatic heterocycles. The molecule has 0 unspecified atom stereocenters. The van der Waals surface area contributed by atoms with Crippen LogP contribution in [0.2, 0.25) is 0 Å². The topological polar surface area (TPSA) is 4.93 Å². The van der Waals surface area contributed by atoms with E-state index >= 15 is 0 Å². The molecule has 0 N–H and O–H groups in total. The lowest BCUT2D eigenvalue weighted by Gasteiger charge is -2.09. The Kier molecular flexibility index (Phi) is 3.61. The van der Waals surface area contributed by atoms with Crippen LogP contribution in [-0.4, -0.2) is 4.57 Å². The molecule has 0 amide bonds. The summed E-state index contributed by atoms with van der Waals surface area (Å²) in [5, 5.41) is 5.14. The molecule has 1 nitrogen and oxygen atoms in total. The highest BCUT2D eigenvalue weighted by Gasteiger charge is 2.13. The van der Waals surface area contributed by atoms with Gasteiger partial charge in [0.15, 0.2) is 0 Å². The minimum Gasteiger partial charge on any atom is -0.309 e. The van der Waals surface area contributed by atoms with E-state index in [4.69, 9.17) is 0 Å². The Hall–Kier alpha value is -1.85. The van der Waals surface area contributed by atoms with Crippen LogP contribution in [0, 0.1) is 3.57 Å². The summed E-state index contributed by atoms with van der Waals surface area (Å²) in [5.41, 5.74) is 3.68. The number of para-hydroxylation sites is 1. The van der Waals surface area contributed by atoms with E-state index in [1.54, 1.807) is 0 Å². The van der Waals surface area contributed by atoms with Gasteiger partial charge in [0.05, 0.1) is 11.0 Å². The molecule has 5 rings (SSSR count). The van der Waals surface area contributed by atoms with Gasteiger partial charge in [0.1, 0.15) is 0 Å². The van der Waals surface area contributed by atoms with Crippen molar-refractivity contribution in [2.75, 3.05) is 0 Å². The number of halogens is 2. The summed E-state index contributed by atoms with van der Waals surface area (Å²) in [7, 11) is 0. The van der Waals surface area contributed by atoms with Crippen molar-refractivity contribution in [2.24, 2.45) is 0 Å². The molecular formula is C22H13BrIN. The summed E-state index contributed by atoms with van der Waals surface area (Å²) in [4.78, 5) is 0. The van der Waals surface area contributed by atoms with Gasteiger partial charge in [-0.2, -0.15) is 0 Å². The van der Waals surface area contributed by atoms with Gasteiger partial charge < -0.3 is 4.57 Å². The maximum absolute atomic E-state index is 3.61. The molecule has 0 atom stereocenters. The van der Waals surface area contributed by atoms with Crippen molar-refractivity contribution in [3.05, 3.63) is 86.9 Å². The Morgan fingerprint density at radius 2 is 1.40 bits per heavy atom. The molecule has 120 valence electrons. The first kappa shape index (κ1) is 15.4. The zero-order valence-electron chi connectivity index (χ0n) is 13.2. The van der Waals surface area contributed by atoms with Crippen LogP contribution in [0.15, 0.2) is 83.3 Å². The fraction of sp³-hybridized carbons (Fsp3) is 0. The van der Waals surface area contributed by atoms with Crippen molar-refractivity contribution < 1.29 is 0 Å². The second kappa shape index (κ2) is 5.85. The van der Waals surface area contributed by atoms with Gasteiger partial charge in [0.25, 0.3) is 0 Å². The average molecular weight is 498 g/mol. The third kappa shape index (κ3) is 2.41. The zero-order valence-corrected chi connectivity index (χ0v) is 17.0. The van der Waals surface area contributed by atoms with E-state index in [2.05, 4.69) is 122 Å². The summed E-state index contributed by atoms with van der Waals surface area (Å²) < 4.78 is 4.70. The van der Waals surface area contributed by atoms with Gasteiger partial charge in [-0.15, -0.1) is 0 Å². The molecule has 0 saturated carbocycles. The molecule has 5 aromatic rings. The van der Waals surface area contributed by atoms with Gasteiger partial charge in [0.2, 0.25) is 0 Å². The van der Waals surface area contributed by atoms with Crippen LogP contribution in [0.3, 0.4) is 0 Å². The molecule has 0 aliphatic carbocycles. The van der Waals surface area contributed by atoms with Crippen LogP contribution in [0.4, 0.5) is 0 Å². The molecular weight excluding hydrogens is 485 g/mol. The molecule has 3 heteroatoms. The summed E-state index contributed by atoms with van der Waals surface area (Å²) in [6, 6.07) is 28.4. The maximum Gasteiger partial charge on any atom is 0.0547 e. The highest BCUT2D eigenvalue weighted by atomic mass is 127. The van der Waals surface area contributed by atoms with Crippen LogP contribution in [0.5, 0.6) is 0 Å².